The number of aromatic nitrogens is 1. The Morgan fingerprint density at radius 3 is 2.80 bits per heavy atom. The molecule has 3 aromatic rings. The molecule has 1 aromatic carbocycles. The van der Waals surface area contributed by atoms with E-state index in [9.17, 15) is 14.4 Å². The van der Waals surface area contributed by atoms with Gasteiger partial charge in [0, 0.05) is 35.4 Å². The maximum absolute atomic E-state index is 12.8. The van der Waals surface area contributed by atoms with Gasteiger partial charge in [0.25, 0.3) is 5.91 Å². The number of thiophene rings is 1. The van der Waals surface area contributed by atoms with Crippen molar-refractivity contribution >= 4 is 68.4 Å². The fourth-order valence-electron chi connectivity index (χ4n) is 3.15. The summed E-state index contributed by atoms with van der Waals surface area (Å²) in [6.07, 6.45) is 1.79. The van der Waals surface area contributed by atoms with Crippen LogP contribution in [0.4, 0.5) is 0 Å². The van der Waals surface area contributed by atoms with E-state index >= 15 is 0 Å². The molecule has 1 aliphatic heterocycles. The molecule has 1 aliphatic rings. The molecule has 0 unspecified atom stereocenters. The Morgan fingerprint density at radius 1 is 1.23 bits per heavy atom. The molecule has 0 aliphatic carbocycles. The summed E-state index contributed by atoms with van der Waals surface area (Å²) in [5.41, 5.74) is 1.24. The first-order chi connectivity index (χ1) is 14.4. The van der Waals surface area contributed by atoms with Gasteiger partial charge < -0.3 is 9.88 Å². The molecule has 3 heterocycles. The van der Waals surface area contributed by atoms with Gasteiger partial charge in [-0.25, -0.2) is 0 Å². The van der Waals surface area contributed by atoms with Gasteiger partial charge >= 0.3 is 0 Å². The SMILES string of the molecule is CN(Cc1cc(=O)[nH]c2ccccc12)C(=O)CN1C(=O)C(=Cc2cccs2)SC1=S. The number of carbonyl (C=O) groups is 2. The lowest BCUT2D eigenvalue weighted by Gasteiger charge is -2.21. The second-order valence-corrected chi connectivity index (χ2v) is 9.39. The molecule has 2 aromatic heterocycles. The van der Waals surface area contributed by atoms with E-state index < -0.39 is 0 Å². The monoisotopic (exact) mass is 455 g/mol. The number of amides is 2. The number of carbonyl (C=O) groups excluding carboxylic acids is 2. The van der Waals surface area contributed by atoms with Crippen LogP contribution in [-0.2, 0) is 16.1 Å². The summed E-state index contributed by atoms with van der Waals surface area (Å²) in [4.78, 5) is 44.6. The van der Waals surface area contributed by atoms with Crippen molar-refractivity contribution in [2.75, 3.05) is 13.6 Å². The number of rotatable bonds is 5. The number of likely N-dealkylation sites (N-methyl/N-ethyl adjacent to an activating group) is 1. The number of fused-ring (bicyclic) bond motifs is 1. The lowest BCUT2D eigenvalue weighted by Crippen LogP contribution is -2.40. The van der Waals surface area contributed by atoms with E-state index in [1.165, 1.54) is 39.0 Å². The Hall–Kier alpha value is -2.75. The fraction of sp³-hybridized carbons (Fsp3) is 0.143. The molecule has 0 bridgehead atoms. The van der Waals surface area contributed by atoms with Crippen molar-refractivity contribution in [1.29, 1.82) is 0 Å². The number of nitrogens with zero attached hydrogens (tertiary/aromatic N) is 2. The molecular formula is C21H17N3O3S3. The topological polar surface area (TPSA) is 73.5 Å². The number of pyridine rings is 1. The Balaban J connectivity index is 1.48. The maximum Gasteiger partial charge on any atom is 0.266 e. The number of thiocarbonyl (C=S) groups is 1. The predicted molar refractivity (Wildman–Crippen MR) is 125 cm³/mol. The molecule has 0 spiro atoms. The van der Waals surface area contributed by atoms with Crippen LogP contribution in [0.3, 0.4) is 0 Å². The summed E-state index contributed by atoms with van der Waals surface area (Å²) >= 11 is 8.05. The lowest BCUT2D eigenvalue weighted by molar-refractivity contribution is -0.134. The molecule has 6 nitrogen and oxygen atoms in total. The van der Waals surface area contributed by atoms with Gasteiger partial charge in [-0.15, -0.1) is 11.3 Å². The molecule has 30 heavy (non-hydrogen) atoms. The van der Waals surface area contributed by atoms with Gasteiger partial charge in [0.05, 0.1) is 4.91 Å². The number of hydrogen-bond donors (Lipinski definition) is 1. The number of thioether (sulfide) groups is 1. The normalized spacial score (nSPS) is 15.4. The molecule has 1 fully saturated rings. The first-order valence-corrected chi connectivity index (χ1v) is 11.2. The summed E-state index contributed by atoms with van der Waals surface area (Å²) in [6, 6.07) is 12.8. The molecule has 1 N–H and O–H groups in total. The van der Waals surface area contributed by atoms with Gasteiger partial charge in [0.1, 0.15) is 10.9 Å². The molecule has 0 radical (unpaired) electrons. The summed E-state index contributed by atoms with van der Waals surface area (Å²) in [5, 5.41) is 2.81. The van der Waals surface area contributed by atoms with E-state index in [1.807, 2.05) is 41.8 Å². The number of aromatic amines is 1. The van der Waals surface area contributed by atoms with Crippen LogP contribution < -0.4 is 5.56 Å². The highest BCUT2D eigenvalue weighted by Gasteiger charge is 2.34. The molecule has 2 amide bonds. The van der Waals surface area contributed by atoms with Crippen LogP contribution in [0.2, 0.25) is 0 Å². The minimum Gasteiger partial charge on any atom is -0.340 e. The van der Waals surface area contributed by atoms with E-state index in [2.05, 4.69) is 4.98 Å². The standard InChI is InChI=1S/C21H17N3O3S3/c1-23(11-13-9-18(25)22-16-7-3-2-6-15(13)16)19(26)12-24-20(27)17(30-21(24)28)10-14-5-4-8-29-14/h2-10H,11-12H2,1H3,(H,22,25). The first-order valence-electron chi connectivity index (χ1n) is 9.06. The summed E-state index contributed by atoms with van der Waals surface area (Å²) in [5.74, 6) is -0.519. The summed E-state index contributed by atoms with van der Waals surface area (Å²) in [6.45, 7) is 0.118. The van der Waals surface area contributed by atoms with Crippen molar-refractivity contribution in [3.05, 3.63) is 73.5 Å². The first kappa shape index (κ1) is 20.5. The smallest absolute Gasteiger partial charge is 0.266 e. The van der Waals surface area contributed by atoms with E-state index in [0.717, 1.165) is 21.3 Å². The minimum atomic E-state index is -0.262. The molecule has 4 rings (SSSR count). The zero-order valence-electron chi connectivity index (χ0n) is 16.0. The molecular weight excluding hydrogens is 438 g/mol. The highest BCUT2D eigenvalue weighted by Crippen LogP contribution is 2.33. The van der Waals surface area contributed by atoms with Gasteiger partial charge in [-0.05, 0) is 29.2 Å². The molecule has 0 atom stereocenters. The van der Waals surface area contributed by atoms with Crippen LogP contribution in [-0.4, -0.2) is 44.5 Å². The van der Waals surface area contributed by atoms with Crippen molar-refractivity contribution in [1.82, 2.24) is 14.8 Å². The van der Waals surface area contributed by atoms with Crippen molar-refractivity contribution in [3.8, 4) is 0 Å². The van der Waals surface area contributed by atoms with Crippen molar-refractivity contribution in [3.63, 3.8) is 0 Å². The Morgan fingerprint density at radius 2 is 2.03 bits per heavy atom. The summed E-state index contributed by atoms with van der Waals surface area (Å²) in [7, 11) is 1.65. The van der Waals surface area contributed by atoms with Crippen molar-refractivity contribution in [2.24, 2.45) is 0 Å². The third-order valence-electron chi connectivity index (χ3n) is 4.65. The van der Waals surface area contributed by atoms with Gasteiger partial charge in [-0.1, -0.05) is 48.2 Å². The molecule has 0 saturated carbocycles. The van der Waals surface area contributed by atoms with E-state index in [1.54, 1.807) is 13.1 Å². The minimum absolute atomic E-state index is 0.135. The third-order valence-corrected chi connectivity index (χ3v) is 6.85. The molecule has 152 valence electrons. The Labute approximate surface area is 186 Å². The third kappa shape index (κ3) is 4.23. The molecule has 9 heteroatoms. The van der Waals surface area contributed by atoms with E-state index in [-0.39, 0.29) is 30.5 Å². The zero-order chi connectivity index (χ0) is 21.3. The fourth-order valence-corrected chi connectivity index (χ4v) is 5.12. The van der Waals surface area contributed by atoms with Crippen molar-refractivity contribution in [2.45, 2.75) is 6.54 Å². The van der Waals surface area contributed by atoms with Crippen molar-refractivity contribution < 1.29 is 9.59 Å². The Bertz CT molecular complexity index is 1230. The highest BCUT2D eigenvalue weighted by atomic mass is 32.2. The van der Waals surface area contributed by atoms with Gasteiger partial charge in [0.15, 0.2) is 0 Å². The number of para-hydroxylation sites is 1. The largest absolute Gasteiger partial charge is 0.340 e. The van der Waals surface area contributed by atoms with Crippen LogP contribution in [0.1, 0.15) is 10.4 Å². The second-order valence-electron chi connectivity index (χ2n) is 6.74. The van der Waals surface area contributed by atoms with Gasteiger partial charge in [0.2, 0.25) is 11.5 Å². The average Bonchev–Trinajstić information content (AvgIpc) is 3.32. The van der Waals surface area contributed by atoms with Crippen LogP contribution in [0.15, 0.2) is 57.5 Å². The predicted octanol–water partition coefficient (Wildman–Crippen LogP) is 3.45. The second kappa shape index (κ2) is 8.55. The number of hydrogen-bond acceptors (Lipinski definition) is 6. The average molecular weight is 456 g/mol. The lowest BCUT2D eigenvalue weighted by atomic mass is 10.1. The number of benzene rings is 1. The van der Waals surface area contributed by atoms with Gasteiger partial charge in [-0.2, -0.15) is 0 Å². The zero-order valence-corrected chi connectivity index (χ0v) is 18.4. The summed E-state index contributed by atoms with van der Waals surface area (Å²) < 4.78 is 0.367. The van der Waals surface area contributed by atoms with E-state index in [0.29, 0.717) is 9.23 Å². The highest BCUT2D eigenvalue weighted by molar-refractivity contribution is 8.26. The van der Waals surface area contributed by atoms with Crippen LogP contribution >= 0.6 is 35.3 Å². The quantitative estimate of drug-likeness (QED) is 0.471. The van der Waals surface area contributed by atoms with Crippen LogP contribution in [0.5, 0.6) is 0 Å². The maximum atomic E-state index is 12.8. The molecule has 1 saturated heterocycles. The van der Waals surface area contributed by atoms with Crippen LogP contribution in [0.25, 0.3) is 17.0 Å². The Kier molecular flexibility index (Phi) is 5.85. The van der Waals surface area contributed by atoms with E-state index in [4.69, 9.17) is 12.2 Å². The number of nitrogens with one attached hydrogen (secondary N) is 1. The van der Waals surface area contributed by atoms with Gasteiger partial charge in [-0.3, -0.25) is 19.3 Å². The number of H-pyrrole nitrogens is 1. The van der Waals surface area contributed by atoms with Crippen LogP contribution in [0, 0.1) is 0 Å².